The third kappa shape index (κ3) is 3.06. The van der Waals surface area contributed by atoms with Crippen molar-refractivity contribution in [1.29, 1.82) is 0 Å². The van der Waals surface area contributed by atoms with Crippen molar-refractivity contribution in [2.24, 2.45) is 11.7 Å². The first kappa shape index (κ1) is 16.6. The van der Waals surface area contributed by atoms with Gasteiger partial charge in [-0.3, -0.25) is 4.79 Å². The predicted octanol–water partition coefficient (Wildman–Crippen LogP) is 2.08. The van der Waals surface area contributed by atoms with Crippen molar-refractivity contribution < 1.29 is 4.79 Å². The van der Waals surface area contributed by atoms with E-state index >= 15 is 0 Å². The Morgan fingerprint density at radius 2 is 2.00 bits per heavy atom. The van der Waals surface area contributed by atoms with E-state index in [1.54, 1.807) is 4.68 Å². The number of aromatic nitrogens is 3. The van der Waals surface area contributed by atoms with Crippen molar-refractivity contribution in [3.63, 3.8) is 0 Å². The molecule has 1 aliphatic rings. The van der Waals surface area contributed by atoms with Gasteiger partial charge >= 0.3 is 0 Å². The van der Waals surface area contributed by atoms with E-state index in [0.29, 0.717) is 18.0 Å². The summed E-state index contributed by atoms with van der Waals surface area (Å²) in [5, 5.41) is 4.37. The van der Waals surface area contributed by atoms with Crippen LogP contribution in [0.1, 0.15) is 41.8 Å². The van der Waals surface area contributed by atoms with Crippen molar-refractivity contribution in [2.75, 3.05) is 13.1 Å². The lowest BCUT2D eigenvalue weighted by molar-refractivity contribution is 0.0532. The zero-order valence-corrected chi connectivity index (χ0v) is 14.6. The molecular formula is C18H25N5O. The number of amides is 1. The molecule has 3 rings (SSSR count). The van der Waals surface area contributed by atoms with Gasteiger partial charge in [0.05, 0.1) is 5.69 Å². The van der Waals surface area contributed by atoms with Gasteiger partial charge in [-0.15, -0.1) is 0 Å². The maximum absolute atomic E-state index is 12.9. The molecule has 6 heteroatoms. The maximum atomic E-state index is 12.9. The Morgan fingerprint density at radius 1 is 1.29 bits per heavy atom. The highest BCUT2D eigenvalue weighted by molar-refractivity contribution is 5.94. The van der Waals surface area contributed by atoms with Crippen LogP contribution in [-0.4, -0.2) is 44.7 Å². The molecule has 0 spiro atoms. The number of likely N-dealkylation sites (tertiary alicyclic amines) is 1. The third-order valence-electron chi connectivity index (χ3n) is 4.85. The highest BCUT2D eigenvalue weighted by atomic mass is 16.2. The molecule has 1 amide bonds. The predicted molar refractivity (Wildman–Crippen MR) is 93.1 cm³/mol. The van der Waals surface area contributed by atoms with Crippen LogP contribution in [0.3, 0.4) is 0 Å². The van der Waals surface area contributed by atoms with E-state index in [2.05, 4.69) is 17.0 Å². The number of hydrogen-bond acceptors (Lipinski definition) is 4. The largest absolute Gasteiger partial charge is 0.334 e. The summed E-state index contributed by atoms with van der Waals surface area (Å²) in [4.78, 5) is 19.1. The van der Waals surface area contributed by atoms with E-state index in [9.17, 15) is 4.79 Å². The molecule has 2 unspecified atom stereocenters. The number of aryl methyl sites for hydroxylation is 2. The highest BCUT2D eigenvalue weighted by Crippen LogP contribution is 2.24. The number of hydrogen-bond donors (Lipinski definition) is 1. The van der Waals surface area contributed by atoms with Crippen molar-refractivity contribution >= 4 is 5.91 Å². The number of carbonyl (C=O) groups is 1. The van der Waals surface area contributed by atoms with E-state index in [4.69, 9.17) is 5.73 Å². The molecule has 1 aromatic carbocycles. The minimum Gasteiger partial charge on any atom is -0.334 e. The number of nitrogens with two attached hydrogens (primary N) is 1. The third-order valence-corrected chi connectivity index (χ3v) is 4.85. The Labute approximate surface area is 142 Å². The summed E-state index contributed by atoms with van der Waals surface area (Å²) in [7, 11) is 0. The minimum atomic E-state index is 0.0649. The molecule has 1 fully saturated rings. The van der Waals surface area contributed by atoms with E-state index in [0.717, 1.165) is 36.7 Å². The Kier molecular flexibility index (Phi) is 4.66. The van der Waals surface area contributed by atoms with Gasteiger partial charge in [0, 0.05) is 24.7 Å². The molecule has 0 bridgehead atoms. The van der Waals surface area contributed by atoms with Crippen molar-refractivity contribution in [2.45, 2.75) is 39.7 Å². The lowest BCUT2D eigenvalue weighted by Gasteiger charge is -2.39. The van der Waals surface area contributed by atoms with Crippen molar-refractivity contribution in [3.05, 3.63) is 41.5 Å². The van der Waals surface area contributed by atoms with Gasteiger partial charge in [-0.05, 0) is 56.9 Å². The van der Waals surface area contributed by atoms with Crippen LogP contribution in [0.2, 0.25) is 0 Å². The maximum Gasteiger partial charge on any atom is 0.254 e. The summed E-state index contributed by atoms with van der Waals surface area (Å²) in [6.07, 6.45) is 2.18. The number of nitrogens with zero attached hydrogens (tertiary/aromatic N) is 4. The molecular weight excluding hydrogens is 302 g/mol. The van der Waals surface area contributed by atoms with Crippen LogP contribution in [-0.2, 0) is 0 Å². The fourth-order valence-corrected chi connectivity index (χ4v) is 3.54. The van der Waals surface area contributed by atoms with Gasteiger partial charge in [0.15, 0.2) is 0 Å². The first-order chi connectivity index (χ1) is 11.5. The second-order valence-corrected chi connectivity index (χ2v) is 6.59. The minimum absolute atomic E-state index is 0.0649. The van der Waals surface area contributed by atoms with E-state index < -0.39 is 0 Å². The Bertz CT molecular complexity index is 722. The smallest absolute Gasteiger partial charge is 0.254 e. The first-order valence-electron chi connectivity index (χ1n) is 8.53. The molecule has 0 saturated carbocycles. The highest BCUT2D eigenvalue weighted by Gasteiger charge is 2.31. The van der Waals surface area contributed by atoms with Gasteiger partial charge in [0.2, 0.25) is 0 Å². The lowest BCUT2D eigenvalue weighted by atomic mass is 9.90. The zero-order valence-electron chi connectivity index (χ0n) is 14.6. The quantitative estimate of drug-likeness (QED) is 0.936. The van der Waals surface area contributed by atoms with E-state index in [-0.39, 0.29) is 11.9 Å². The molecule has 0 radical (unpaired) electrons. The molecule has 1 aromatic heterocycles. The standard InChI is InChI=1S/C18H25N5O/c1-12-5-4-10-22(17(12)11-19)18(24)15-6-8-16(9-7-15)23-14(3)20-13(2)21-23/h6-9,12,17H,4-5,10-11,19H2,1-3H3. The molecule has 2 atom stereocenters. The summed E-state index contributed by atoms with van der Waals surface area (Å²) in [6.45, 7) is 7.26. The average Bonchev–Trinajstić information content (AvgIpc) is 2.92. The molecule has 128 valence electrons. The Morgan fingerprint density at radius 3 is 2.58 bits per heavy atom. The number of carbonyl (C=O) groups excluding carboxylic acids is 1. The number of piperidine rings is 1. The molecule has 24 heavy (non-hydrogen) atoms. The second kappa shape index (κ2) is 6.73. The van der Waals surface area contributed by atoms with Crippen LogP contribution in [0.4, 0.5) is 0 Å². The van der Waals surface area contributed by atoms with Gasteiger partial charge in [-0.2, -0.15) is 5.10 Å². The Hall–Kier alpha value is -2.21. The van der Waals surface area contributed by atoms with E-state index in [1.807, 2.05) is 43.0 Å². The average molecular weight is 327 g/mol. The fraction of sp³-hybridized carbons (Fsp3) is 0.500. The number of benzene rings is 1. The Balaban J connectivity index is 1.82. The summed E-state index contributed by atoms with van der Waals surface area (Å²) in [5.41, 5.74) is 7.51. The topological polar surface area (TPSA) is 77.0 Å². The second-order valence-electron chi connectivity index (χ2n) is 6.59. The van der Waals surface area contributed by atoms with Crippen LogP contribution in [0, 0.1) is 19.8 Å². The SMILES string of the molecule is Cc1nc(C)n(-c2ccc(C(=O)N3CCCC(C)C3CN)cc2)n1. The zero-order chi connectivity index (χ0) is 17.3. The summed E-state index contributed by atoms with van der Waals surface area (Å²) < 4.78 is 1.79. The fourth-order valence-electron chi connectivity index (χ4n) is 3.54. The normalized spacial score (nSPS) is 21.1. The molecule has 0 aliphatic carbocycles. The van der Waals surface area contributed by atoms with E-state index in [1.165, 1.54) is 0 Å². The summed E-state index contributed by atoms with van der Waals surface area (Å²) >= 11 is 0. The monoisotopic (exact) mass is 327 g/mol. The van der Waals surface area contributed by atoms with Gasteiger partial charge in [0.1, 0.15) is 11.6 Å². The van der Waals surface area contributed by atoms with Crippen LogP contribution in [0.25, 0.3) is 5.69 Å². The molecule has 2 heterocycles. The molecule has 2 N–H and O–H groups in total. The van der Waals surface area contributed by atoms with Crippen LogP contribution in [0.5, 0.6) is 0 Å². The van der Waals surface area contributed by atoms with Crippen molar-refractivity contribution in [1.82, 2.24) is 19.7 Å². The van der Waals surface area contributed by atoms with Gasteiger partial charge in [-0.25, -0.2) is 9.67 Å². The number of rotatable bonds is 3. The summed E-state index contributed by atoms with van der Waals surface area (Å²) in [6, 6.07) is 7.69. The molecule has 6 nitrogen and oxygen atoms in total. The van der Waals surface area contributed by atoms with Crippen molar-refractivity contribution in [3.8, 4) is 5.69 Å². The molecule has 1 saturated heterocycles. The summed E-state index contributed by atoms with van der Waals surface area (Å²) in [5.74, 6) is 2.09. The van der Waals surface area contributed by atoms with Crippen LogP contribution >= 0.6 is 0 Å². The first-order valence-corrected chi connectivity index (χ1v) is 8.53. The van der Waals surface area contributed by atoms with Crippen LogP contribution in [0.15, 0.2) is 24.3 Å². The van der Waals surface area contributed by atoms with Crippen LogP contribution < -0.4 is 5.73 Å². The molecule has 2 aromatic rings. The van der Waals surface area contributed by atoms with Gasteiger partial charge in [0.25, 0.3) is 5.91 Å². The van der Waals surface area contributed by atoms with Gasteiger partial charge < -0.3 is 10.6 Å². The molecule has 1 aliphatic heterocycles. The van der Waals surface area contributed by atoms with Gasteiger partial charge in [-0.1, -0.05) is 6.92 Å². The lowest BCUT2D eigenvalue weighted by Crippen LogP contribution is -2.51.